The second-order valence-electron chi connectivity index (χ2n) is 6.48. The van der Waals surface area contributed by atoms with E-state index in [4.69, 9.17) is 0 Å². The van der Waals surface area contributed by atoms with E-state index in [9.17, 15) is 22.4 Å². The standard InChI is InChI=1S/C17H18F4N2O2/c1-9(2)6-10(3)7-14(24)12-5-4-11(8-13(12)18)15-22-16(25-23-15)17(19,20)21/h4-5,8-10H,6-7H2,1-3H3. The Labute approximate surface area is 142 Å². The van der Waals surface area contributed by atoms with E-state index < -0.39 is 23.7 Å². The molecule has 0 bridgehead atoms. The van der Waals surface area contributed by atoms with Gasteiger partial charge in [0.25, 0.3) is 0 Å². The number of ketones is 1. The van der Waals surface area contributed by atoms with Crippen molar-refractivity contribution in [2.24, 2.45) is 11.8 Å². The van der Waals surface area contributed by atoms with Crippen LogP contribution in [0, 0.1) is 17.7 Å². The molecule has 1 heterocycles. The Morgan fingerprint density at radius 1 is 1.24 bits per heavy atom. The summed E-state index contributed by atoms with van der Waals surface area (Å²) in [6.07, 6.45) is -3.73. The fourth-order valence-corrected chi connectivity index (χ4v) is 2.65. The van der Waals surface area contributed by atoms with Gasteiger partial charge in [-0.25, -0.2) is 4.39 Å². The second-order valence-corrected chi connectivity index (χ2v) is 6.48. The third-order valence-corrected chi connectivity index (χ3v) is 3.60. The Hall–Kier alpha value is -2.25. The van der Waals surface area contributed by atoms with Crippen molar-refractivity contribution in [2.45, 2.75) is 39.8 Å². The average molecular weight is 358 g/mol. The monoisotopic (exact) mass is 358 g/mol. The summed E-state index contributed by atoms with van der Waals surface area (Å²) in [5.41, 5.74) is -0.0950. The summed E-state index contributed by atoms with van der Waals surface area (Å²) in [7, 11) is 0. The Balaban J connectivity index is 2.18. The first kappa shape index (κ1) is 19.1. The average Bonchev–Trinajstić information content (AvgIpc) is 2.95. The SMILES string of the molecule is CC(C)CC(C)CC(=O)c1ccc(-c2noc(C(F)(F)F)n2)cc1F. The number of carbonyl (C=O) groups is 1. The zero-order valence-corrected chi connectivity index (χ0v) is 14.0. The first-order valence-electron chi connectivity index (χ1n) is 7.82. The zero-order chi connectivity index (χ0) is 18.8. The fraction of sp³-hybridized carbons (Fsp3) is 0.471. The molecule has 0 amide bonds. The van der Waals surface area contributed by atoms with Crippen molar-refractivity contribution in [3.8, 4) is 11.4 Å². The molecule has 0 aliphatic heterocycles. The maximum Gasteiger partial charge on any atom is 0.471 e. The van der Waals surface area contributed by atoms with Gasteiger partial charge in [-0.2, -0.15) is 18.2 Å². The van der Waals surface area contributed by atoms with E-state index in [1.807, 2.05) is 20.8 Å². The molecule has 1 atom stereocenters. The van der Waals surface area contributed by atoms with E-state index in [1.165, 1.54) is 12.1 Å². The Morgan fingerprint density at radius 2 is 1.92 bits per heavy atom. The summed E-state index contributed by atoms with van der Waals surface area (Å²) in [6.45, 7) is 6.00. The lowest BCUT2D eigenvalue weighted by molar-refractivity contribution is -0.159. The summed E-state index contributed by atoms with van der Waals surface area (Å²) >= 11 is 0. The van der Waals surface area contributed by atoms with Gasteiger partial charge in [-0.15, -0.1) is 0 Å². The third kappa shape index (κ3) is 4.87. The van der Waals surface area contributed by atoms with E-state index in [0.29, 0.717) is 5.92 Å². The molecular formula is C17H18F4N2O2. The van der Waals surface area contributed by atoms with Crippen LogP contribution in [0.3, 0.4) is 0 Å². The minimum absolute atomic E-state index is 0.00327. The van der Waals surface area contributed by atoms with E-state index in [1.54, 1.807) is 0 Å². The summed E-state index contributed by atoms with van der Waals surface area (Å²) < 4.78 is 55.7. The van der Waals surface area contributed by atoms with Gasteiger partial charge in [0.15, 0.2) is 5.78 Å². The summed E-state index contributed by atoms with van der Waals surface area (Å²) in [5.74, 6) is -2.53. The fourth-order valence-electron chi connectivity index (χ4n) is 2.65. The molecule has 4 nitrogen and oxygen atoms in total. The molecule has 0 radical (unpaired) electrons. The highest BCUT2D eigenvalue weighted by Crippen LogP contribution is 2.30. The first-order valence-corrected chi connectivity index (χ1v) is 7.82. The maximum atomic E-state index is 14.2. The van der Waals surface area contributed by atoms with Crippen LogP contribution < -0.4 is 0 Å². The van der Waals surface area contributed by atoms with Gasteiger partial charge in [-0.05, 0) is 30.4 Å². The predicted octanol–water partition coefficient (Wildman–Crippen LogP) is 5.15. The van der Waals surface area contributed by atoms with Crippen LogP contribution in [0.4, 0.5) is 17.6 Å². The van der Waals surface area contributed by atoms with Crippen molar-refractivity contribution in [3.63, 3.8) is 0 Å². The molecule has 1 aromatic carbocycles. The number of aromatic nitrogens is 2. The number of Topliss-reactive ketones (excluding diaryl/α,β-unsaturated/α-hetero) is 1. The third-order valence-electron chi connectivity index (χ3n) is 3.60. The largest absolute Gasteiger partial charge is 0.471 e. The summed E-state index contributed by atoms with van der Waals surface area (Å²) in [4.78, 5) is 15.4. The molecule has 0 saturated heterocycles. The number of hydrogen-bond donors (Lipinski definition) is 0. The molecular weight excluding hydrogens is 340 g/mol. The van der Waals surface area contributed by atoms with E-state index >= 15 is 0 Å². The van der Waals surface area contributed by atoms with Crippen LogP contribution in [0.15, 0.2) is 22.7 Å². The second kappa shape index (κ2) is 7.33. The highest BCUT2D eigenvalue weighted by atomic mass is 19.4. The molecule has 1 aromatic heterocycles. The van der Waals surface area contributed by atoms with Crippen molar-refractivity contribution < 1.29 is 26.9 Å². The predicted molar refractivity (Wildman–Crippen MR) is 82.3 cm³/mol. The first-order chi connectivity index (χ1) is 11.6. The van der Waals surface area contributed by atoms with Crippen LogP contribution in [-0.4, -0.2) is 15.9 Å². The number of benzene rings is 1. The molecule has 0 aliphatic rings. The molecule has 136 valence electrons. The number of nitrogens with zero attached hydrogens (tertiary/aromatic N) is 2. The minimum Gasteiger partial charge on any atom is -0.329 e. The molecule has 2 aromatic rings. The van der Waals surface area contributed by atoms with Crippen molar-refractivity contribution in [2.75, 3.05) is 0 Å². The molecule has 8 heteroatoms. The number of rotatable bonds is 6. The number of alkyl halides is 3. The minimum atomic E-state index is -4.77. The van der Waals surface area contributed by atoms with Crippen LogP contribution >= 0.6 is 0 Å². The quantitative estimate of drug-likeness (QED) is 0.529. The number of hydrogen-bond acceptors (Lipinski definition) is 4. The molecule has 2 rings (SSSR count). The zero-order valence-electron chi connectivity index (χ0n) is 14.0. The van der Waals surface area contributed by atoms with E-state index in [0.717, 1.165) is 12.5 Å². The highest BCUT2D eigenvalue weighted by molar-refractivity contribution is 5.96. The molecule has 0 fully saturated rings. The van der Waals surface area contributed by atoms with Crippen molar-refractivity contribution in [3.05, 3.63) is 35.5 Å². The maximum absolute atomic E-state index is 14.2. The molecule has 25 heavy (non-hydrogen) atoms. The van der Waals surface area contributed by atoms with Gasteiger partial charge in [0.1, 0.15) is 5.82 Å². The molecule has 0 spiro atoms. The summed E-state index contributed by atoms with van der Waals surface area (Å²) in [6, 6.07) is 3.47. The topological polar surface area (TPSA) is 56.0 Å². The lowest BCUT2D eigenvalue weighted by Crippen LogP contribution is -2.10. The molecule has 0 saturated carbocycles. The van der Waals surface area contributed by atoms with E-state index in [2.05, 4.69) is 14.7 Å². The summed E-state index contributed by atoms with van der Waals surface area (Å²) in [5, 5.41) is 3.19. The smallest absolute Gasteiger partial charge is 0.329 e. The van der Waals surface area contributed by atoms with Gasteiger partial charge in [0, 0.05) is 12.0 Å². The van der Waals surface area contributed by atoms with Crippen molar-refractivity contribution >= 4 is 5.78 Å². The van der Waals surface area contributed by atoms with Gasteiger partial charge in [0.2, 0.25) is 5.82 Å². The Kier molecular flexibility index (Phi) is 5.59. The Bertz CT molecular complexity index is 753. The molecule has 1 unspecified atom stereocenters. The van der Waals surface area contributed by atoms with Gasteiger partial charge in [-0.1, -0.05) is 32.0 Å². The lowest BCUT2D eigenvalue weighted by atomic mass is 9.92. The number of carbonyl (C=O) groups excluding carboxylic acids is 1. The van der Waals surface area contributed by atoms with Gasteiger partial charge >= 0.3 is 12.1 Å². The lowest BCUT2D eigenvalue weighted by Gasteiger charge is -2.13. The van der Waals surface area contributed by atoms with Gasteiger partial charge in [0.05, 0.1) is 5.56 Å². The van der Waals surface area contributed by atoms with Crippen molar-refractivity contribution in [1.29, 1.82) is 0 Å². The van der Waals surface area contributed by atoms with Crippen LogP contribution in [-0.2, 0) is 6.18 Å². The van der Waals surface area contributed by atoms with Crippen molar-refractivity contribution in [1.82, 2.24) is 10.1 Å². The Morgan fingerprint density at radius 3 is 2.44 bits per heavy atom. The molecule has 0 N–H and O–H groups in total. The van der Waals surface area contributed by atoms with Gasteiger partial charge < -0.3 is 4.52 Å². The van der Waals surface area contributed by atoms with Crippen LogP contribution in [0.5, 0.6) is 0 Å². The van der Waals surface area contributed by atoms with Crippen LogP contribution in [0.1, 0.15) is 49.9 Å². The van der Waals surface area contributed by atoms with E-state index in [-0.39, 0.29) is 29.2 Å². The van der Waals surface area contributed by atoms with Crippen LogP contribution in [0.2, 0.25) is 0 Å². The normalized spacial score (nSPS) is 13.3. The highest BCUT2D eigenvalue weighted by Gasteiger charge is 2.38. The number of halogens is 4. The van der Waals surface area contributed by atoms with Crippen LogP contribution in [0.25, 0.3) is 11.4 Å². The van der Waals surface area contributed by atoms with Gasteiger partial charge in [-0.3, -0.25) is 4.79 Å². The molecule has 0 aliphatic carbocycles.